The van der Waals surface area contributed by atoms with E-state index in [0.29, 0.717) is 31.9 Å². The summed E-state index contributed by atoms with van der Waals surface area (Å²) < 4.78 is 0. The molecule has 2 saturated heterocycles. The summed E-state index contributed by atoms with van der Waals surface area (Å²) in [5.74, 6) is -0.0495. The predicted octanol–water partition coefficient (Wildman–Crippen LogP) is -0.252. The maximum atomic E-state index is 12.6. The summed E-state index contributed by atoms with van der Waals surface area (Å²) in [6.07, 6.45) is 2.55. The second kappa shape index (κ2) is 6.95. The van der Waals surface area contributed by atoms with Crippen LogP contribution in [-0.2, 0) is 4.79 Å². The van der Waals surface area contributed by atoms with Gasteiger partial charge in [0.05, 0.1) is 0 Å². The van der Waals surface area contributed by atoms with E-state index in [1.807, 2.05) is 12.1 Å². The van der Waals surface area contributed by atoms with E-state index in [0.717, 1.165) is 38.3 Å². The van der Waals surface area contributed by atoms with Crippen molar-refractivity contribution in [3.05, 3.63) is 24.0 Å². The number of piperazine rings is 2. The van der Waals surface area contributed by atoms with E-state index < -0.39 is 0 Å². The number of hydrogen-bond donors (Lipinski definition) is 0. The van der Waals surface area contributed by atoms with Crippen LogP contribution in [0.5, 0.6) is 0 Å². The van der Waals surface area contributed by atoms with E-state index in [2.05, 4.69) is 21.8 Å². The van der Waals surface area contributed by atoms with Gasteiger partial charge in [-0.2, -0.15) is 0 Å². The van der Waals surface area contributed by atoms with Crippen molar-refractivity contribution >= 4 is 18.0 Å². The summed E-state index contributed by atoms with van der Waals surface area (Å²) in [5, 5.41) is 0. The van der Waals surface area contributed by atoms with Crippen LogP contribution in [0.15, 0.2) is 18.3 Å². The molecule has 0 atom stereocenters. The highest BCUT2D eigenvalue weighted by Gasteiger charge is 2.23. The van der Waals surface area contributed by atoms with Gasteiger partial charge in [0.1, 0.15) is 5.69 Å². The van der Waals surface area contributed by atoms with Crippen LogP contribution in [0.4, 0.5) is 5.69 Å². The number of hydrogen-bond acceptors (Lipinski definition) is 5. The van der Waals surface area contributed by atoms with Crippen LogP contribution in [-0.4, -0.2) is 91.4 Å². The molecule has 0 aliphatic carbocycles. The Morgan fingerprint density at radius 3 is 2.43 bits per heavy atom. The highest BCUT2D eigenvalue weighted by molar-refractivity contribution is 5.93. The summed E-state index contributed by atoms with van der Waals surface area (Å²) >= 11 is 0. The van der Waals surface area contributed by atoms with Crippen molar-refractivity contribution in [3.8, 4) is 0 Å². The lowest BCUT2D eigenvalue weighted by atomic mass is 10.2. The summed E-state index contributed by atoms with van der Waals surface area (Å²) in [7, 11) is 2.12. The summed E-state index contributed by atoms with van der Waals surface area (Å²) in [6.45, 7) is 6.30. The molecule has 3 heterocycles. The minimum absolute atomic E-state index is 0.0495. The number of likely N-dealkylation sites (N-methyl/N-ethyl adjacent to an activating group) is 1. The molecule has 0 spiro atoms. The number of pyridine rings is 1. The van der Waals surface area contributed by atoms with Crippen molar-refractivity contribution in [2.75, 3.05) is 64.3 Å². The molecule has 0 saturated carbocycles. The molecule has 0 radical (unpaired) electrons. The molecule has 0 aromatic carbocycles. The predicted molar refractivity (Wildman–Crippen MR) is 87.5 cm³/mol. The molecular formula is C16H23N5O2. The second-order valence-electron chi connectivity index (χ2n) is 6.12. The van der Waals surface area contributed by atoms with Crippen LogP contribution < -0.4 is 4.90 Å². The van der Waals surface area contributed by atoms with Gasteiger partial charge < -0.3 is 19.6 Å². The summed E-state index contributed by atoms with van der Waals surface area (Å²) in [5.41, 5.74) is 1.55. The van der Waals surface area contributed by atoms with Crippen molar-refractivity contribution in [2.45, 2.75) is 0 Å². The van der Waals surface area contributed by atoms with E-state index in [1.165, 1.54) is 0 Å². The van der Waals surface area contributed by atoms with Gasteiger partial charge in [0.15, 0.2) is 0 Å². The van der Waals surface area contributed by atoms with E-state index in [9.17, 15) is 9.59 Å². The highest BCUT2D eigenvalue weighted by atomic mass is 16.2. The van der Waals surface area contributed by atoms with Gasteiger partial charge in [0.25, 0.3) is 5.91 Å². The van der Waals surface area contributed by atoms with Crippen molar-refractivity contribution in [1.29, 1.82) is 0 Å². The molecule has 7 heteroatoms. The maximum Gasteiger partial charge on any atom is 0.272 e. The topological polar surface area (TPSA) is 60.0 Å². The van der Waals surface area contributed by atoms with E-state index in [-0.39, 0.29) is 5.91 Å². The molecule has 3 rings (SSSR count). The Balaban J connectivity index is 1.67. The average molecular weight is 317 g/mol. The molecule has 0 bridgehead atoms. The van der Waals surface area contributed by atoms with Gasteiger partial charge in [-0.3, -0.25) is 14.6 Å². The number of rotatable bonds is 3. The number of carbonyl (C=O) groups excluding carboxylic acids is 2. The van der Waals surface area contributed by atoms with Gasteiger partial charge >= 0.3 is 0 Å². The fourth-order valence-corrected chi connectivity index (χ4v) is 2.99. The zero-order valence-corrected chi connectivity index (χ0v) is 13.5. The molecule has 7 nitrogen and oxygen atoms in total. The van der Waals surface area contributed by atoms with Crippen molar-refractivity contribution in [1.82, 2.24) is 19.7 Å². The third-order valence-corrected chi connectivity index (χ3v) is 4.58. The molecular weight excluding hydrogens is 294 g/mol. The quantitative estimate of drug-likeness (QED) is 0.720. The molecule has 23 heavy (non-hydrogen) atoms. The minimum atomic E-state index is -0.0495. The fraction of sp³-hybridized carbons (Fsp3) is 0.562. The molecule has 0 N–H and O–H groups in total. The van der Waals surface area contributed by atoms with E-state index in [4.69, 9.17) is 0 Å². The van der Waals surface area contributed by atoms with Crippen LogP contribution in [0, 0.1) is 0 Å². The normalized spacial score (nSPS) is 19.8. The van der Waals surface area contributed by atoms with Crippen LogP contribution >= 0.6 is 0 Å². The Bertz CT molecular complexity index is 563. The molecule has 2 aliphatic rings. The lowest BCUT2D eigenvalue weighted by Crippen LogP contribution is -2.48. The van der Waals surface area contributed by atoms with Crippen molar-refractivity contribution in [3.63, 3.8) is 0 Å². The summed E-state index contributed by atoms with van der Waals surface area (Å²) in [4.78, 5) is 35.7. The van der Waals surface area contributed by atoms with Gasteiger partial charge in [-0.1, -0.05) is 0 Å². The third kappa shape index (κ3) is 3.61. The van der Waals surface area contributed by atoms with E-state index in [1.54, 1.807) is 16.0 Å². The Morgan fingerprint density at radius 1 is 1.09 bits per heavy atom. The molecule has 2 fully saturated rings. The van der Waals surface area contributed by atoms with Crippen LogP contribution in [0.25, 0.3) is 0 Å². The Kier molecular flexibility index (Phi) is 4.76. The largest absolute Gasteiger partial charge is 0.369 e. The zero-order chi connectivity index (χ0) is 16.2. The number of anilines is 1. The third-order valence-electron chi connectivity index (χ3n) is 4.58. The highest BCUT2D eigenvalue weighted by Crippen LogP contribution is 2.17. The van der Waals surface area contributed by atoms with Gasteiger partial charge in [-0.25, -0.2) is 0 Å². The molecule has 1 aromatic heterocycles. The first-order chi connectivity index (χ1) is 11.2. The van der Waals surface area contributed by atoms with Gasteiger partial charge in [-0.15, -0.1) is 0 Å². The lowest BCUT2D eigenvalue weighted by molar-refractivity contribution is -0.119. The first-order valence-corrected chi connectivity index (χ1v) is 8.05. The van der Waals surface area contributed by atoms with Gasteiger partial charge in [0.2, 0.25) is 6.41 Å². The fourth-order valence-electron chi connectivity index (χ4n) is 2.99. The maximum absolute atomic E-state index is 12.6. The Labute approximate surface area is 136 Å². The number of carbonyl (C=O) groups is 2. The Morgan fingerprint density at radius 2 is 1.78 bits per heavy atom. The Hall–Kier alpha value is -2.15. The molecule has 0 unspecified atom stereocenters. The second-order valence-corrected chi connectivity index (χ2v) is 6.12. The van der Waals surface area contributed by atoms with Crippen molar-refractivity contribution in [2.24, 2.45) is 0 Å². The molecule has 2 aliphatic heterocycles. The van der Waals surface area contributed by atoms with Crippen LogP contribution in [0.1, 0.15) is 10.5 Å². The molecule has 2 amide bonds. The zero-order valence-electron chi connectivity index (χ0n) is 13.5. The SMILES string of the molecule is CN1CCN(c2ccnc(C(=O)N3CCN(C=O)CC3)c2)CC1. The van der Waals surface area contributed by atoms with E-state index >= 15 is 0 Å². The molecule has 1 aromatic rings. The standard InChI is InChI=1S/C16H23N5O2/c1-18-4-8-20(9-5-18)14-2-3-17-15(12-14)16(23)21-10-6-19(13-22)7-11-21/h2-3,12-13H,4-11H2,1H3. The van der Waals surface area contributed by atoms with Crippen LogP contribution in [0.3, 0.4) is 0 Å². The lowest BCUT2D eigenvalue weighted by Gasteiger charge is -2.34. The first-order valence-electron chi connectivity index (χ1n) is 8.05. The monoisotopic (exact) mass is 317 g/mol. The molecule has 124 valence electrons. The number of nitrogens with zero attached hydrogens (tertiary/aromatic N) is 5. The van der Waals surface area contributed by atoms with Crippen LogP contribution in [0.2, 0.25) is 0 Å². The minimum Gasteiger partial charge on any atom is -0.369 e. The average Bonchev–Trinajstić information content (AvgIpc) is 2.62. The van der Waals surface area contributed by atoms with Crippen molar-refractivity contribution < 1.29 is 9.59 Å². The summed E-state index contributed by atoms with van der Waals surface area (Å²) in [6, 6.07) is 3.85. The van der Waals surface area contributed by atoms with Gasteiger partial charge in [0, 0.05) is 64.2 Å². The smallest absolute Gasteiger partial charge is 0.272 e. The first kappa shape index (κ1) is 15.7. The van der Waals surface area contributed by atoms with Gasteiger partial charge in [-0.05, 0) is 19.2 Å². The number of amides is 2. The number of aromatic nitrogens is 1.